The second-order valence-corrected chi connectivity index (χ2v) is 3.64. The number of benzene rings is 1. The summed E-state index contributed by atoms with van der Waals surface area (Å²) in [7, 11) is 0. The summed E-state index contributed by atoms with van der Waals surface area (Å²) < 4.78 is 0. The van der Waals surface area contributed by atoms with Crippen molar-refractivity contribution in [3.63, 3.8) is 0 Å². The fourth-order valence-corrected chi connectivity index (χ4v) is 1.47. The summed E-state index contributed by atoms with van der Waals surface area (Å²) in [5.41, 5.74) is 7.47. The van der Waals surface area contributed by atoms with Crippen molar-refractivity contribution in [3.8, 4) is 0 Å². The van der Waals surface area contributed by atoms with Crippen LogP contribution in [0.5, 0.6) is 0 Å². The number of nitrogens with zero attached hydrogens (tertiary/aromatic N) is 2. The van der Waals surface area contributed by atoms with Gasteiger partial charge in [0.2, 0.25) is 0 Å². The van der Waals surface area contributed by atoms with Gasteiger partial charge in [-0.3, -0.25) is 0 Å². The van der Waals surface area contributed by atoms with Crippen molar-refractivity contribution in [2.24, 2.45) is 0 Å². The van der Waals surface area contributed by atoms with E-state index >= 15 is 0 Å². The summed E-state index contributed by atoms with van der Waals surface area (Å²) >= 11 is 5.85. The van der Waals surface area contributed by atoms with Crippen LogP contribution in [0.25, 0.3) is 0 Å². The molecule has 0 radical (unpaired) electrons. The maximum atomic E-state index is 5.85. The molecule has 4 heteroatoms. The molecule has 2 aromatic rings. The van der Waals surface area contributed by atoms with Gasteiger partial charge in [0.15, 0.2) is 5.82 Å². The second-order valence-electron chi connectivity index (χ2n) is 3.23. The van der Waals surface area contributed by atoms with E-state index in [1.807, 2.05) is 30.3 Å². The molecular formula is C11H10ClN3. The molecule has 0 amide bonds. The molecule has 1 heterocycles. The quantitative estimate of drug-likeness (QED) is 0.843. The Morgan fingerprint density at radius 1 is 1.13 bits per heavy atom. The van der Waals surface area contributed by atoms with E-state index in [4.69, 9.17) is 17.3 Å². The lowest BCUT2D eigenvalue weighted by atomic mass is 10.1. The van der Waals surface area contributed by atoms with Gasteiger partial charge >= 0.3 is 0 Å². The van der Waals surface area contributed by atoms with Gasteiger partial charge in [-0.25, -0.2) is 0 Å². The van der Waals surface area contributed by atoms with Gasteiger partial charge in [0.1, 0.15) is 0 Å². The molecule has 15 heavy (non-hydrogen) atoms. The monoisotopic (exact) mass is 219 g/mol. The molecule has 0 unspecified atom stereocenters. The molecule has 0 saturated carbocycles. The van der Waals surface area contributed by atoms with Gasteiger partial charge in [0, 0.05) is 6.42 Å². The molecule has 0 bridgehead atoms. The second kappa shape index (κ2) is 4.28. The molecule has 3 nitrogen and oxygen atoms in total. The molecule has 0 atom stereocenters. The van der Waals surface area contributed by atoms with Crippen molar-refractivity contribution in [2.75, 3.05) is 5.73 Å². The van der Waals surface area contributed by atoms with Crippen LogP contribution in [-0.2, 0) is 6.42 Å². The summed E-state index contributed by atoms with van der Waals surface area (Å²) in [6.07, 6.45) is 0.716. The summed E-state index contributed by atoms with van der Waals surface area (Å²) in [6, 6.07) is 11.8. The molecule has 0 aliphatic heterocycles. The van der Waals surface area contributed by atoms with Gasteiger partial charge in [-0.2, -0.15) is 5.10 Å². The highest BCUT2D eigenvalue weighted by molar-refractivity contribution is 6.32. The summed E-state index contributed by atoms with van der Waals surface area (Å²) in [6.45, 7) is 0. The van der Waals surface area contributed by atoms with Crippen molar-refractivity contribution in [1.29, 1.82) is 0 Å². The van der Waals surface area contributed by atoms with Crippen LogP contribution in [0.3, 0.4) is 0 Å². The summed E-state index contributed by atoms with van der Waals surface area (Å²) in [5.74, 6) is 0.272. The zero-order chi connectivity index (χ0) is 10.7. The predicted molar refractivity (Wildman–Crippen MR) is 60.7 cm³/mol. The van der Waals surface area contributed by atoms with Crippen molar-refractivity contribution in [2.45, 2.75) is 6.42 Å². The van der Waals surface area contributed by atoms with E-state index in [2.05, 4.69) is 10.2 Å². The van der Waals surface area contributed by atoms with Crippen LogP contribution < -0.4 is 5.73 Å². The van der Waals surface area contributed by atoms with E-state index in [0.717, 1.165) is 5.69 Å². The molecule has 1 aromatic carbocycles. The Balaban J connectivity index is 2.22. The fourth-order valence-electron chi connectivity index (χ4n) is 1.31. The van der Waals surface area contributed by atoms with Crippen LogP contribution in [-0.4, -0.2) is 10.2 Å². The molecule has 0 fully saturated rings. The Kier molecular flexibility index (Phi) is 2.83. The van der Waals surface area contributed by atoms with Crippen molar-refractivity contribution >= 4 is 17.4 Å². The average Bonchev–Trinajstić information content (AvgIpc) is 2.25. The van der Waals surface area contributed by atoms with Crippen LogP contribution in [0.2, 0.25) is 5.02 Å². The first-order valence-corrected chi connectivity index (χ1v) is 4.95. The number of hydrogen-bond donors (Lipinski definition) is 1. The molecule has 76 valence electrons. The highest BCUT2D eigenvalue weighted by atomic mass is 35.5. The van der Waals surface area contributed by atoms with Crippen LogP contribution in [0.15, 0.2) is 36.4 Å². The maximum Gasteiger partial charge on any atom is 0.164 e. The lowest BCUT2D eigenvalue weighted by molar-refractivity contribution is 0.945. The zero-order valence-electron chi connectivity index (χ0n) is 8.02. The first kappa shape index (κ1) is 9.93. The fraction of sp³-hybridized carbons (Fsp3) is 0.0909. The standard InChI is InChI=1S/C11H10ClN3/c12-10-7-9(14-15-11(10)13)6-8-4-2-1-3-5-8/h1-5,7H,6H2,(H2,13,15). The lowest BCUT2D eigenvalue weighted by Crippen LogP contribution is -1.99. The number of anilines is 1. The highest BCUT2D eigenvalue weighted by Gasteiger charge is 2.02. The predicted octanol–water partition coefficient (Wildman–Crippen LogP) is 2.30. The summed E-state index contributed by atoms with van der Waals surface area (Å²) in [4.78, 5) is 0. The molecular weight excluding hydrogens is 210 g/mol. The van der Waals surface area contributed by atoms with Crippen molar-refractivity contribution < 1.29 is 0 Å². The van der Waals surface area contributed by atoms with Crippen molar-refractivity contribution in [1.82, 2.24) is 10.2 Å². The topological polar surface area (TPSA) is 51.8 Å². The SMILES string of the molecule is Nc1nnc(Cc2ccccc2)cc1Cl. The number of rotatable bonds is 2. The minimum Gasteiger partial charge on any atom is -0.381 e. The van der Waals surface area contributed by atoms with Gasteiger partial charge in [-0.05, 0) is 11.6 Å². The van der Waals surface area contributed by atoms with Crippen LogP contribution in [0, 0.1) is 0 Å². The summed E-state index contributed by atoms with van der Waals surface area (Å²) in [5, 5.41) is 8.20. The van der Waals surface area contributed by atoms with E-state index in [1.165, 1.54) is 5.56 Å². The molecule has 0 saturated heterocycles. The van der Waals surface area contributed by atoms with Crippen LogP contribution in [0.1, 0.15) is 11.3 Å². The third-order valence-electron chi connectivity index (χ3n) is 2.05. The maximum absolute atomic E-state index is 5.85. The van der Waals surface area contributed by atoms with E-state index in [-0.39, 0.29) is 5.82 Å². The van der Waals surface area contributed by atoms with E-state index in [9.17, 15) is 0 Å². The minimum absolute atomic E-state index is 0.272. The van der Waals surface area contributed by atoms with Gasteiger partial charge in [-0.15, -0.1) is 5.10 Å². The minimum atomic E-state index is 0.272. The average molecular weight is 220 g/mol. The van der Waals surface area contributed by atoms with E-state index in [1.54, 1.807) is 6.07 Å². The number of hydrogen-bond acceptors (Lipinski definition) is 3. The van der Waals surface area contributed by atoms with Gasteiger partial charge in [0.25, 0.3) is 0 Å². The third kappa shape index (κ3) is 2.44. The van der Waals surface area contributed by atoms with Crippen LogP contribution in [0.4, 0.5) is 5.82 Å². The molecule has 1 aromatic heterocycles. The van der Waals surface area contributed by atoms with Crippen molar-refractivity contribution in [3.05, 3.63) is 52.7 Å². The Hall–Kier alpha value is -1.61. The Morgan fingerprint density at radius 2 is 1.87 bits per heavy atom. The van der Waals surface area contributed by atoms with E-state index in [0.29, 0.717) is 11.4 Å². The number of nitrogen functional groups attached to an aromatic ring is 1. The van der Waals surface area contributed by atoms with Gasteiger partial charge in [-0.1, -0.05) is 41.9 Å². The molecule has 0 aliphatic rings. The Labute approximate surface area is 92.9 Å². The molecule has 2 N–H and O–H groups in total. The number of nitrogens with two attached hydrogens (primary N) is 1. The first-order valence-electron chi connectivity index (χ1n) is 4.57. The van der Waals surface area contributed by atoms with Gasteiger partial charge in [0.05, 0.1) is 10.7 Å². The first-order chi connectivity index (χ1) is 7.25. The highest BCUT2D eigenvalue weighted by Crippen LogP contribution is 2.16. The normalized spacial score (nSPS) is 10.2. The molecule has 2 rings (SSSR count). The van der Waals surface area contributed by atoms with E-state index < -0.39 is 0 Å². The third-order valence-corrected chi connectivity index (χ3v) is 2.36. The Bertz CT molecular complexity index is 457. The molecule has 0 aliphatic carbocycles. The smallest absolute Gasteiger partial charge is 0.164 e. The zero-order valence-corrected chi connectivity index (χ0v) is 8.78. The number of halogens is 1. The lowest BCUT2D eigenvalue weighted by Gasteiger charge is -2.01. The molecule has 0 spiro atoms. The number of aromatic nitrogens is 2. The van der Waals surface area contributed by atoms with Crippen LogP contribution >= 0.6 is 11.6 Å². The Morgan fingerprint density at radius 3 is 2.53 bits per heavy atom. The largest absolute Gasteiger partial charge is 0.381 e. The van der Waals surface area contributed by atoms with Gasteiger partial charge < -0.3 is 5.73 Å².